The van der Waals surface area contributed by atoms with E-state index in [1.165, 1.54) is 6.20 Å². The molecule has 0 bridgehead atoms. The topological polar surface area (TPSA) is 97.4 Å². The van der Waals surface area contributed by atoms with Crippen molar-refractivity contribution in [1.29, 1.82) is 0 Å². The zero-order valence-electron chi connectivity index (χ0n) is 13.8. The maximum absolute atomic E-state index is 12.6. The summed E-state index contributed by atoms with van der Waals surface area (Å²) >= 11 is 6.08. The molecule has 2 saturated heterocycles. The lowest BCUT2D eigenvalue weighted by Crippen LogP contribution is -2.48. The quantitative estimate of drug-likeness (QED) is 0.765. The van der Waals surface area contributed by atoms with Crippen LogP contribution in [0.4, 0.5) is 0 Å². The first kappa shape index (κ1) is 18.6. The SMILES string of the molecule is O=C(NC1CCCOC1)[C@@H]1CS(=O)(=O)C[C@H]1NCc1ccncc1Cl. The normalized spacial score (nSPS) is 28.6. The van der Waals surface area contributed by atoms with Gasteiger partial charge in [0.1, 0.15) is 0 Å². The molecule has 1 aromatic rings. The average Bonchev–Trinajstić information content (AvgIpc) is 2.90. The summed E-state index contributed by atoms with van der Waals surface area (Å²) in [6.07, 6.45) is 4.92. The van der Waals surface area contributed by atoms with E-state index in [1.807, 2.05) is 0 Å². The van der Waals surface area contributed by atoms with Crippen LogP contribution in [-0.4, -0.2) is 56.1 Å². The molecule has 2 N–H and O–H groups in total. The van der Waals surface area contributed by atoms with Crippen molar-refractivity contribution in [2.75, 3.05) is 24.7 Å². The fraction of sp³-hybridized carbons (Fsp3) is 0.625. The standard InChI is InChI=1S/C16H22ClN3O4S/c17-14-7-18-4-3-11(14)6-19-15-10-25(22,23)9-13(15)16(21)20-12-2-1-5-24-8-12/h3-4,7,12-13,15,19H,1-2,5-6,8-10H2,(H,20,21)/t12?,13-,15-/m1/s1. The highest BCUT2D eigenvalue weighted by Crippen LogP contribution is 2.22. The predicted octanol–water partition coefficient (Wildman–Crippen LogP) is 0.533. The van der Waals surface area contributed by atoms with Gasteiger partial charge in [-0.05, 0) is 24.5 Å². The molecule has 138 valence electrons. The molecule has 7 nitrogen and oxygen atoms in total. The third-order valence-electron chi connectivity index (χ3n) is 4.61. The van der Waals surface area contributed by atoms with E-state index in [4.69, 9.17) is 16.3 Å². The molecule has 9 heteroatoms. The Morgan fingerprint density at radius 2 is 2.24 bits per heavy atom. The number of halogens is 1. The number of amides is 1. The Labute approximate surface area is 152 Å². The Hall–Kier alpha value is -1.22. The molecule has 1 unspecified atom stereocenters. The molecule has 25 heavy (non-hydrogen) atoms. The molecule has 3 heterocycles. The van der Waals surface area contributed by atoms with Gasteiger partial charge in [0.2, 0.25) is 5.91 Å². The number of hydrogen-bond acceptors (Lipinski definition) is 6. The van der Waals surface area contributed by atoms with Gasteiger partial charge in [0.05, 0.1) is 35.1 Å². The Balaban J connectivity index is 1.63. The van der Waals surface area contributed by atoms with Gasteiger partial charge >= 0.3 is 0 Å². The van der Waals surface area contributed by atoms with Gasteiger partial charge in [-0.2, -0.15) is 0 Å². The summed E-state index contributed by atoms with van der Waals surface area (Å²) in [5.41, 5.74) is 0.820. The van der Waals surface area contributed by atoms with Crippen LogP contribution in [0, 0.1) is 5.92 Å². The van der Waals surface area contributed by atoms with Gasteiger partial charge in [0.15, 0.2) is 9.84 Å². The van der Waals surface area contributed by atoms with Crippen LogP contribution in [0.2, 0.25) is 5.02 Å². The van der Waals surface area contributed by atoms with Gasteiger partial charge in [-0.1, -0.05) is 11.6 Å². The molecule has 0 saturated carbocycles. The summed E-state index contributed by atoms with van der Waals surface area (Å²) in [6, 6.07) is 1.30. The summed E-state index contributed by atoms with van der Waals surface area (Å²) in [7, 11) is -3.24. The highest BCUT2D eigenvalue weighted by molar-refractivity contribution is 7.91. The minimum Gasteiger partial charge on any atom is -0.379 e. The minimum absolute atomic E-state index is 0.0418. The van der Waals surface area contributed by atoms with Crippen molar-refractivity contribution in [3.05, 3.63) is 29.0 Å². The molecule has 1 amide bonds. The number of rotatable bonds is 5. The van der Waals surface area contributed by atoms with Crippen molar-refractivity contribution in [3.63, 3.8) is 0 Å². The number of aromatic nitrogens is 1. The van der Waals surface area contributed by atoms with Crippen molar-refractivity contribution < 1.29 is 17.9 Å². The molecule has 0 spiro atoms. The van der Waals surface area contributed by atoms with E-state index in [9.17, 15) is 13.2 Å². The molecule has 3 rings (SSSR count). The molecular formula is C16H22ClN3O4S. The number of hydrogen-bond donors (Lipinski definition) is 2. The number of carbonyl (C=O) groups is 1. The third-order valence-corrected chi connectivity index (χ3v) is 6.68. The molecule has 2 aliphatic heterocycles. The van der Waals surface area contributed by atoms with Crippen LogP contribution in [-0.2, 0) is 25.9 Å². The summed E-state index contributed by atoms with van der Waals surface area (Å²) in [4.78, 5) is 16.5. The van der Waals surface area contributed by atoms with Gasteiger partial charge in [0.25, 0.3) is 0 Å². The number of nitrogens with one attached hydrogen (secondary N) is 2. The smallest absolute Gasteiger partial charge is 0.226 e. The third kappa shape index (κ3) is 4.91. The zero-order valence-corrected chi connectivity index (χ0v) is 15.4. The Morgan fingerprint density at radius 1 is 1.40 bits per heavy atom. The molecule has 3 atom stereocenters. The van der Waals surface area contributed by atoms with E-state index in [2.05, 4.69) is 15.6 Å². The maximum atomic E-state index is 12.6. The maximum Gasteiger partial charge on any atom is 0.226 e. The zero-order chi connectivity index (χ0) is 17.9. The lowest BCUT2D eigenvalue weighted by molar-refractivity contribution is -0.126. The molecule has 0 aromatic carbocycles. The van der Waals surface area contributed by atoms with E-state index in [-0.39, 0.29) is 23.5 Å². The summed E-state index contributed by atoms with van der Waals surface area (Å²) in [5.74, 6) is -1.01. The fourth-order valence-corrected chi connectivity index (χ4v) is 5.41. The van der Waals surface area contributed by atoms with Crippen LogP contribution in [0.15, 0.2) is 18.5 Å². The summed E-state index contributed by atoms with van der Waals surface area (Å²) in [5, 5.41) is 6.62. The Morgan fingerprint density at radius 3 is 2.96 bits per heavy atom. The number of ether oxygens (including phenoxy) is 1. The first-order chi connectivity index (χ1) is 11.9. The van der Waals surface area contributed by atoms with E-state index >= 15 is 0 Å². The average molecular weight is 388 g/mol. The lowest BCUT2D eigenvalue weighted by atomic mass is 10.0. The molecule has 1 aromatic heterocycles. The van der Waals surface area contributed by atoms with Crippen molar-refractivity contribution >= 4 is 27.3 Å². The summed E-state index contributed by atoms with van der Waals surface area (Å²) < 4.78 is 29.5. The molecule has 2 fully saturated rings. The molecule has 2 aliphatic rings. The van der Waals surface area contributed by atoms with E-state index in [0.717, 1.165) is 18.4 Å². The monoisotopic (exact) mass is 387 g/mol. The van der Waals surface area contributed by atoms with Gasteiger partial charge < -0.3 is 15.4 Å². The van der Waals surface area contributed by atoms with Crippen molar-refractivity contribution in [1.82, 2.24) is 15.6 Å². The number of nitrogens with zero attached hydrogens (tertiary/aromatic N) is 1. The van der Waals surface area contributed by atoms with Crippen LogP contribution < -0.4 is 10.6 Å². The molecule has 0 radical (unpaired) electrons. The van der Waals surface area contributed by atoms with Crippen LogP contribution in [0.3, 0.4) is 0 Å². The number of carbonyl (C=O) groups excluding carboxylic acids is 1. The van der Waals surface area contributed by atoms with Crippen molar-refractivity contribution in [2.24, 2.45) is 5.92 Å². The molecule has 0 aliphatic carbocycles. The lowest BCUT2D eigenvalue weighted by Gasteiger charge is -2.26. The van der Waals surface area contributed by atoms with Gasteiger partial charge in [0, 0.05) is 31.6 Å². The number of pyridine rings is 1. The second-order valence-corrected chi connectivity index (χ2v) is 9.12. The van der Waals surface area contributed by atoms with E-state index in [0.29, 0.717) is 24.8 Å². The Kier molecular flexibility index (Phi) is 5.93. The van der Waals surface area contributed by atoms with Crippen molar-refractivity contribution in [3.8, 4) is 0 Å². The van der Waals surface area contributed by atoms with Crippen LogP contribution in [0.1, 0.15) is 18.4 Å². The van der Waals surface area contributed by atoms with Gasteiger partial charge in [-0.15, -0.1) is 0 Å². The predicted molar refractivity (Wildman–Crippen MR) is 94.0 cm³/mol. The molecular weight excluding hydrogens is 366 g/mol. The highest BCUT2D eigenvalue weighted by atomic mass is 35.5. The van der Waals surface area contributed by atoms with Crippen LogP contribution >= 0.6 is 11.6 Å². The van der Waals surface area contributed by atoms with Gasteiger partial charge in [-0.3, -0.25) is 9.78 Å². The second-order valence-electron chi connectivity index (χ2n) is 6.56. The highest BCUT2D eigenvalue weighted by Gasteiger charge is 2.42. The first-order valence-corrected chi connectivity index (χ1v) is 10.5. The van der Waals surface area contributed by atoms with Crippen molar-refractivity contribution in [2.45, 2.75) is 31.5 Å². The van der Waals surface area contributed by atoms with E-state index < -0.39 is 21.8 Å². The Bertz CT molecular complexity index is 722. The van der Waals surface area contributed by atoms with Crippen LogP contribution in [0.5, 0.6) is 0 Å². The van der Waals surface area contributed by atoms with E-state index in [1.54, 1.807) is 12.3 Å². The number of sulfone groups is 1. The largest absolute Gasteiger partial charge is 0.379 e. The van der Waals surface area contributed by atoms with Gasteiger partial charge in [-0.25, -0.2) is 8.42 Å². The first-order valence-electron chi connectivity index (χ1n) is 8.35. The summed E-state index contributed by atoms with van der Waals surface area (Å²) in [6.45, 7) is 1.58. The fourth-order valence-electron chi connectivity index (χ4n) is 3.26. The second kappa shape index (κ2) is 7.99. The minimum atomic E-state index is -3.24. The van der Waals surface area contributed by atoms with Crippen LogP contribution in [0.25, 0.3) is 0 Å².